The molecule has 3 heterocycles. The molecule has 3 aromatic heterocycles. The normalized spacial score (nSPS) is 11.3. The van der Waals surface area contributed by atoms with Crippen LogP contribution in [0.15, 0.2) is 52.2 Å². The van der Waals surface area contributed by atoms with Crippen LogP contribution in [0, 0.1) is 13.8 Å². The molecule has 1 aromatic carbocycles. The predicted molar refractivity (Wildman–Crippen MR) is 108 cm³/mol. The summed E-state index contributed by atoms with van der Waals surface area (Å²) in [4.78, 5) is 12.8. The van der Waals surface area contributed by atoms with E-state index in [9.17, 15) is 9.90 Å². The topological polar surface area (TPSA) is 91.0 Å². The molecule has 0 spiro atoms. The van der Waals surface area contributed by atoms with Crippen LogP contribution in [0.5, 0.6) is 5.88 Å². The van der Waals surface area contributed by atoms with Crippen molar-refractivity contribution in [3.05, 3.63) is 80.9 Å². The first-order valence-corrected chi connectivity index (χ1v) is 9.51. The van der Waals surface area contributed by atoms with E-state index in [1.54, 1.807) is 10.9 Å². The molecule has 9 heteroatoms. The van der Waals surface area contributed by atoms with E-state index < -0.39 is 0 Å². The van der Waals surface area contributed by atoms with Gasteiger partial charge in [0, 0.05) is 23.3 Å². The molecule has 0 radical (unpaired) electrons. The zero-order valence-electron chi connectivity index (χ0n) is 16.0. The van der Waals surface area contributed by atoms with Gasteiger partial charge in [0.15, 0.2) is 0 Å². The van der Waals surface area contributed by atoms with Gasteiger partial charge in [-0.05, 0) is 31.9 Å². The molecule has 29 heavy (non-hydrogen) atoms. The van der Waals surface area contributed by atoms with Gasteiger partial charge in [-0.1, -0.05) is 35.0 Å². The van der Waals surface area contributed by atoms with Crippen molar-refractivity contribution in [3.63, 3.8) is 0 Å². The zero-order chi connectivity index (χ0) is 20.5. The molecule has 0 saturated heterocycles. The summed E-state index contributed by atoms with van der Waals surface area (Å²) in [6, 6.07) is 7.50. The molecule has 0 aliphatic carbocycles. The lowest BCUT2D eigenvalue weighted by atomic mass is 10.1. The summed E-state index contributed by atoms with van der Waals surface area (Å²) >= 11 is 6.18. The summed E-state index contributed by atoms with van der Waals surface area (Å²) in [6.07, 6.45) is 5.24. The second kappa shape index (κ2) is 7.63. The number of rotatable bonds is 6. The van der Waals surface area contributed by atoms with Crippen molar-refractivity contribution >= 4 is 11.6 Å². The van der Waals surface area contributed by atoms with Crippen LogP contribution in [0.4, 0.5) is 0 Å². The van der Waals surface area contributed by atoms with E-state index in [-0.39, 0.29) is 11.6 Å². The Morgan fingerprint density at radius 1 is 1.21 bits per heavy atom. The van der Waals surface area contributed by atoms with Gasteiger partial charge in [0.1, 0.15) is 5.76 Å². The molecular formula is C20H20ClN5O3. The second-order valence-corrected chi connectivity index (χ2v) is 7.25. The Labute approximate surface area is 171 Å². The number of hydrogen-bond acceptors (Lipinski definition) is 5. The molecular weight excluding hydrogens is 394 g/mol. The highest BCUT2D eigenvalue weighted by Crippen LogP contribution is 2.19. The van der Waals surface area contributed by atoms with Gasteiger partial charge in [-0.25, -0.2) is 9.36 Å². The maximum Gasteiger partial charge on any atom is 0.335 e. The Balaban J connectivity index is 1.56. The lowest BCUT2D eigenvalue weighted by molar-refractivity contribution is 0.391. The van der Waals surface area contributed by atoms with Crippen molar-refractivity contribution in [1.82, 2.24) is 24.1 Å². The van der Waals surface area contributed by atoms with Gasteiger partial charge in [-0.3, -0.25) is 9.25 Å². The predicted octanol–water partition coefficient (Wildman–Crippen LogP) is 3.09. The van der Waals surface area contributed by atoms with Crippen molar-refractivity contribution in [1.29, 1.82) is 0 Å². The smallest absolute Gasteiger partial charge is 0.335 e. The first kappa shape index (κ1) is 19.1. The minimum absolute atomic E-state index is 0.147. The monoisotopic (exact) mass is 413 g/mol. The van der Waals surface area contributed by atoms with Gasteiger partial charge in [-0.2, -0.15) is 5.10 Å². The number of aromatic hydroxyl groups is 1. The first-order chi connectivity index (χ1) is 13.9. The molecule has 0 atom stereocenters. The molecule has 4 aromatic rings. The highest BCUT2D eigenvalue weighted by Gasteiger charge is 2.16. The van der Waals surface area contributed by atoms with Crippen molar-refractivity contribution in [3.8, 4) is 11.6 Å². The van der Waals surface area contributed by atoms with Gasteiger partial charge in [0.05, 0.1) is 30.3 Å². The van der Waals surface area contributed by atoms with Crippen molar-refractivity contribution in [2.45, 2.75) is 33.4 Å². The Bertz CT molecular complexity index is 1200. The number of nitrogens with zero attached hydrogens (tertiary/aromatic N) is 5. The zero-order valence-corrected chi connectivity index (χ0v) is 16.8. The first-order valence-electron chi connectivity index (χ1n) is 9.13. The number of aryl methyl sites for hydroxylation is 4. The summed E-state index contributed by atoms with van der Waals surface area (Å²) in [5.74, 6) is 0.580. The third-order valence-electron chi connectivity index (χ3n) is 4.90. The number of aromatic nitrogens is 5. The maximum atomic E-state index is 12.8. The molecule has 8 nitrogen and oxygen atoms in total. The van der Waals surface area contributed by atoms with Gasteiger partial charge in [-0.15, -0.1) is 0 Å². The SMILES string of the molecule is Cc1noc(C)c1Cn1cc(-n2c(O)cn(CCc3ccccc3Cl)c2=O)cn1. The third kappa shape index (κ3) is 3.71. The van der Waals surface area contributed by atoms with E-state index in [0.29, 0.717) is 30.2 Å². The second-order valence-electron chi connectivity index (χ2n) is 6.84. The molecule has 0 aliphatic rings. The fraction of sp³-hybridized carbons (Fsp3) is 0.250. The van der Waals surface area contributed by atoms with Crippen LogP contribution in [0.1, 0.15) is 22.6 Å². The van der Waals surface area contributed by atoms with Crippen molar-refractivity contribution < 1.29 is 9.63 Å². The van der Waals surface area contributed by atoms with Crippen LogP contribution in [-0.4, -0.2) is 29.2 Å². The Morgan fingerprint density at radius 3 is 2.72 bits per heavy atom. The molecule has 0 amide bonds. The Morgan fingerprint density at radius 2 is 2.00 bits per heavy atom. The van der Waals surface area contributed by atoms with Crippen LogP contribution in [-0.2, 0) is 19.5 Å². The van der Waals surface area contributed by atoms with Gasteiger partial charge in [0.2, 0.25) is 5.88 Å². The molecule has 0 fully saturated rings. The summed E-state index contributed by atoms with van der Waals surface area (Å²) in [5, 5.41) is 19.2. The van der Waals surface area contributed by atoms with E-state index in [1.165, 1.54) is 21.5 Å². The molecule has 4 rings (SSSR count). The molecule has 0 aliphatic heterocycles. The molecule has 0 unspecified atom stereocenters. The minimum atomic E-state index is -0.341. The van der Waals surface area contributed by atoms with E-state index in [1.807, 2.05) is 38.1 Å². The van der Waals surface area contributed by atoms with Gasteiger partial charge in [0.25, 0.3) is 0 Å². The van der Waals surface area contributed by atoms with Gasteiger partial charge >= 0.3 is 5.69 Å². The average Bonchev–Trinajstić information content (AvgIpc) is 3.35. The summed E-state index contributed by atoms with van der Waals surface area (Å²) in [7, 11) is 0. The molecule has 0 saturated carbocycles. The number of imidazole rings is 1. The largest absolute Gasteiger partial charge is 0.493 e. The summed E-state index contributed by atoms with van der Waals surface area (Å²) < 4.78 is 9.54. The van der Waals surface area contributed by atoms with Gasteiger partial charge < -0.3 is 9.63 Å². The van der Waals surface area contributed by atoms with E-state index >= 15 is 0 Å². The minimum Gasteiger partial charge on any atom is -0.493 e. The Hall–Kier alpha value is -3.26. The van der Waals surface area contributed by atoms with E-state index in [2.05, 4.69) is 10.3 Å². The number of hydrogen-bond donors (Lipinski definition) is 1. The van der Waals surface area contributed by atoms with Crippen LogP contribution < -0.4 is 5.69 Å². The lowest BCUT2D eigenvalue weighted by Gasteiger charge is -2.04. The Kier molecular flexibility index (Phi) is 5.02. The van der Waals surface area contributed by atoms with Crippen LogP contribution in [0.2, 0.25) is 5.02 Å². The van der Waals surface area contributed by atoms with E-state index in [0.717, 1.165) is 22.6 Å². The summed E-state index contributed by atoms with van der Waals surface area (Å²) in [6.45, 7) is 4.57. The van der Waals surface area contributed by atoms with Crippen LogP contribution >= 0.6 is 11.6 Å². The number of benzene rings is 1. The van der Waals surface area contributed by atoms with Crippen molar-refractivity contribution in [2.24, 2.45) is 0 Å². The highest BCUT2D eigenvalue weighted by molar-refractivity contribution is 6.31. The average molecular weight is 414 g/mol. The maximum absolute atomic E-state index is 12.8. The quantitative estimate of drug-likeness (QED) is 0.524. The lowest BCUT2D eigenvalue weighted by Crippen LogP contribution is -2.23. The fourth-order valence-corrected chi connectivity index (χ4v) is 3.50. The molecule has 0 bridgehead atoms. The fourth-order valence-electron chi connectivity index (χ4n) is 3.27. The molecule has 150 valence electrons. The van der Waals surface area contributed by atoms with Crippen molar-refractivity contribution in [2.75, 3.05) is 0 Å². The molecule has 1 N–H and O–H groups in total. The van der Waals surface area contributed by atoms with Crippen LogP contribution in [0.3, 0.4) is 0 Å². The third-order valence-corrected chi connectivity index (χ3v) is 5.27. The standard InChI is InChI=1S/C20H20ClN5O3/c1-13-17(14(2)29-23-13)11-25-10-16(9-22-25)26-19(27)12-24(20(26)28)8-7-15-5-3-4-6-18(15)21/h3-6,9-10,12,27H,7-8,11H2,1-2H3. The summed E-state index contributed by atoms with van der Waals surface area (Å²) in [5.41, 5.74) is 2.82. The number of halogens is 1. The van der Waals surface area contributed by atoms with Crippen LogP contribution in [0.25, 0.3) is 5.69 Å². The van der Waals surface area contributed by atoms with E-state index in [4.69, 9.17) is 16.1 Å². The highest BCUT2D eigenvalue weighted by atomic mass is 35.5.